The molecule has 0 atom stereocenters. The van der Waals surface area contributed by atoms with Crippen LogP contribution < -0.4 is 0 Å². The third kappa shape index (κ3) is 7.97. The summed E-state index contributed by atoms with van der Waals surface area (Å²) in [5.41, 5.74) is 0.176. The van der Waals surface area contributed by atoms with Crippen LogP contribution in [0.1, 0.15) is 41.5 Å². The van der Waals surface area contributed by atoms with E-state index in [-0.39, 0.29) is 10.2 Å². The van der Waals surface area contributed by atoms with Gasteiger partial charge in [0.25, 0.3) is 9.04 Å². The smallest absolute Gasteiger partial charge is 0.273 e. The zero-order valence-corrected chi connectivity index (χ0v) is 13.2. The monoisotopic (exact) mass is 245 g/mol. The lowest BCUT2D eigenvalue weighted by molar-refractivity contribution is 0.460. The van der Waals surface area contributed by atoms with Crippen LogP contribution in [0.2, 0.25) is 13.1 Å². The first-order chi connectivity index (χ1) is 6.52. The summed E-state index contributed by atoms with van der Waals surface area (Å²) in [5.74, 6) is 0. The molecule has 0 bridgehead atoms. The Hall–Kier alpha value is 0.107. The second-order valence-corrected chi connectivity index (χ2v) is 9.89. The molecule has 0 aromatic heterocycles. The van der Waals surface area contributed by atoms with Crippen LogP contribution in [0.5, 0.6) is 0 Å². The molecule has 1 radical (unpaired) electrons. The van der Waals surface area contributed by atoms with E-state index in [1.165, 1.54) is 4.91 Å². The van der Waals surface area contributed by atoms with Crippen molar-refractivity contribution >= 4 is 20.8 Å². The van der Waals surface area contributed by atoms with Gasteiger partial charge < -0.3 is 4.43 Å². The first-order valence-corrected chi connectivity index (χ1v) is 8.61. The summed E-state index contributed by atoms with van der Waals surface area (Å²) in [6.45, 7) is 17.7. The molecule has 0 amide bonds. The Kier molecular flexibility index (Phi) is 5.48. The molecular formula is C12H25OSSi. The predicted octanol–water partition coefficient (Wildman–Crippen LogP) is 4.67. The summed E-state index contributed by atoms with van der Waals surface area (Å²) in [5, 5.41) is 0. The lowest BCUT2D eigenvalue weighted by Gasteiger charge is -2.28. The molecule has 0 fully saturated rings. The number of hydrogen-bond acceptors (Lipinski definition) is 2. The zero-order valence-electron chi connectivity index (χ0n) is 11.4. The van der Waals surface area contributed by atoms with Crippen LogP contribution in [0.15, 0.2) is 11.2 Å². The van der Waals surface area contributed by atoms with Crippen molar-refractivity contribution in [1.29, 1.82) is 0 Å². The molecule has 15 heavy (non-hydrogen) atoms. The van der Waals surface area contributed by atoms with Crippen molar-refractivity contribution < 1.29 is 4.43 Å². The van der Waals surface area contributed by atoms with Crippen LogP contribution in [0.3, 0.4) is 0 Å². The van der Waals surface area contributed by atoms with Gasteiger partial charge in [-0.2, -0.15) is 0 Å². The third-order valence-corrected chi connectivity index (χ3v) is 3.69. The maximum absolute atomic E-state index is 5.70. The summed E-state index contributed by atoms with van der Waals surface area (Å²) in [6.07, 6.45) is 1.98. The first kappa shape index (κ1) is 15.1. The zero-order chi connectivity index (χ0) is 12.3. The molecule has 0 aliphatic heterocycles. The van der Waals surface area contributed by atoms with Crippen molar-refractivity contribution in [3.63, 3.8) is 0 Å². The van der Waals surface area contributed by atoms with E-state index in [1.807, 2.05) is 18.0 Å². The third-order valence-electron chi connectivity index (χ3n) is 1.56. The largest absolute Gasteiger partial charge is 0.547 e. The molecule has 0 aliphatic rings. The first-order valence-electron chi connectivity index (χ1n) is 5.39. The molecule has 1 nitrogen and oxygen atoms in total. The second kappa shape index (κ2) is 5.44. The van der Waals surface area contributed by atoms with Gasteiger partial charge in [0, 0.05) is 9.65 Å². The SMILES string of the molecule is C[Si](C)O/C=C(/SC(C)(C)C)C(C)(C)C. The van der Waals surface area contributed by atoms with Crippen molar-refractivity contribution in [3.05, 3.63) is 11.2 Å². The van der Waals surface area contributed by atoms with Crippen molar-refractivity contribution in [2.24, 2.45) is 5.41 Å². The van der Waals surface area contributed by atoms with Crippen LogP contribution >= 0.6 is 11.8 Å². The van der Waals surface area contributed by atoms with Crippen molar-refractivity contribution in [2.75, 3.05) is 0 Å². The van der Waals surface area contributed by atoms with E-state index in [9.17, 15) is 0 Å². The summed E-state index contributed by atoms with van der Waals surface area (Å²) in [4.78, 5) is 1.33. The maximum Gasteiger partial charge on any atom is 0.273 e. The van der Waals surface area contributed by atoms with E-state index in [2.05, 4.69) is 54.6 Å². The lowest BCUT2D eigenvalue weighted by Crippen LogP contribution is -2.16. The number of rotatable bonds is 3. The fourth-order valence-corrected chi connectivity index (χ4v) is 2.36. The highest BCUT2D eigenvalue weighted by atomic mass is 32.2. The van der Waals surface area contributed by atoms with Crippen LogP contribution in [0.4, 0.5) is 0 Å². The second-order valence-electron chi connectivity index (χ2n) is 5.97. The minimum Gasteiger partial charge on any atom is -0.547 e. The molecule has 0 heterocycles. The van der Waals surface area contributed by atoms with Gasteiger partial charge in [-0.3, -0.25) is 0 Å². The van der Waals surface area contributed by atoms with E-state index < -0.39 is 9.04 Å². The van der Waals surface area contributed by atoms with Gasteiger partial charge in [0.15, 0.2) is 0 Å². The van der Waals surface area contributed by atoms with Gasteiger partial charge in [-0.15, -0.1) is 11.8 Å². The molecule has 0 rings (SSSR count). The number of allylic oxidation sites excluding steroid dienone is 1. The predicted molar refractivity (Wildman–Crippen MR) is 73.4 cm³/mol. The van der Waals surface area contributed by atoms with Crippen molar-refractivity contribution in [3.8, 4) is 0 Å². The summed E-state index contributed by atoms with van der Waals surface area (Å²) in [6, 6.07) is 0. The summed E-state index contributed by atoms with van der Waals surface area (Å²) < 4.78 is 5.94. The van der Waals surface area contributed by atoms with Gasteiger partial charge in [-0.05, 0) is 18.5 Å². The molecule has 3 heteroatoms. The molecule has 0 unspecified atom stereocenters. The molecule has 0 aromatic carbocycles. The summed E-state index contributed by atoms with van der Waals surface area (Å²) in [7, 11) is -0.634. The summed E-state index contributed by atoms with van der Waals surface area (Å²) >= 11 is 1.90. The number of thioether (sulfide) groups is 1. The van der Waals surface area contributed by atoms with Crippen LogP contribution in [0.25, 0.3) is 0 Å². The molecule has 0 saturated carbocycles. The minimum absolute atomic E-state index is 0.176. The lowest BCUT2D eigenvalue weighted by atomic mass is 9.97. The Morgan fingerprint density at radius 3 is 1.80 bits per heavy atom. The molecule has 0 aromatic rings. The quantitative estimate of drug-likeness (QED) is 0.528. The molecule has 0 N–H and O–H groups in total. The van der Waals surface area contributed by atoms with Gasteiger partial charge in [0.05, 0.1) is 6.26 Å². The van der Waals surface area contributed by atoms with E-state index >= 15 is 0 Å². The van der Waals surface area contributed by atoms with E-state index in [0.29, 0.717) is 0 Å². The Balaban J connectivity index is 4.68. The van der Waals surface area contributed by atoms with Gasteiger partial charge in [0.2, 0.25) is 0 Å². The van der Waals surface area contributed by atoms with Gasteiger partial charge in [-0.25, -0.2) is 0 Å². The highest BCUT2D eigenvalue weighted by molar-refractivity contribution is 8.04. The standard InChI is InChI=1S/C12H25OSSi/c1-11(2,3)10(9-13-15(7)8)14-12(4,5)6/h9H,1-8H3/b10-9+. The Morgan fingerprint density at radius 2 is 1.53 bits per heavy atom. The van der Waals surface area contributed by atoms with Crippen LogP contribution in [-0.4, -0.2) is 13.8 Å². The topological polar surface area (TPSA) is 9.23 Å². The Morgan fingerprint density at radius 1 is 1.07 bits per heavy atom. The minimum atomic E-state index is -0.634. The molecule has 0 aliphatic carbocycles. The van der Waals surface area contributed by atoms with Gasteiger partial charge >= 0.3 is 0 Å². The van der Waals surface area contributed by atoms with Crippen molar-refractivity contribution in [2.45, 2.75) is 59.4 Å². The molecule has 0 saturated heterocycles. The fourth-order valence-electron chi connectivity index (χ4n) is 0.855. The average molecular weight is 245 g/mol. The fraction of sp³-hybridized carbons (Fsp3) is 0.833. The maximum atomic E-state index is 5.70. The molecule has 89 valence electrons. The highest BCUT2D eigenvalue weighted by Gasteiger charge is 2.24. The highest BCUT2D eigenvalue weighted by Crippen LogP contribution is 2.41. The van der Waals surface area contributed by atoms with Crippen molar-refractivity contribution in [1.82, 2.24) is 0 Å². The van der Waals surface area contributed by atoms with E-state index in [4.69, 9.17) is 4.43 Å². The van der Waals surface area contributed by atoms with E-state index in [1.54, 1.807) is 0 Å². The Bertz CT molecular complexity index is 221. The van der Waals surface area contributed by atoms with Crippen LogP contribution in [-0.2, 0) is 4.43 Å². The molecule has 0 spiro atoms. The normalized spacial score (nSPS) is 14.6. The Labute approximate surface area is 101 Å². The average Bonchev–Trinajstić information content (AvgIpc) is 1.93. The van der Waals surface area contributed by atoms with E-state index in [0.717, 1.165) is 0 Å². The number of hydrogen-bond donors (Lipinski definition) is 0. The van der Waals surface area contributed by atoms with Gasteiger partial charge in [-0.1, -0.05) is 41.5 Å². The van der Waals surface area contributed by atoms with Gasteiger partial charge in [0.1, 0.15) is 0 Å². The molecular weight excluding hydrogens is 220 g/mol. The van der Waals surface area contributed by atoms with Crippen LogP contribution in [0, 0.1) is 5.41 Å².